The quantitative estimate of drug-likeness (QED) is 0.251. The molecule has 1 aliphatic heterocycles. The standard InChI is InChI=1S/C35H43F3N8O5S/c1-34(2,29(43-30(47)26-20-40-44-52-26)32(49)46-16-14-45(3)15-17-46)22-10-12-25(24(36)18-22)41-31(48)28(21-8-6-5-7-9-21)42-33(50)35(37,38)23-11-13-27(51-4)39-19-23/h10-13,18-21,28-29H,5-9,14-17H2,1-4H3,(H,41,48)(H,42,50)(H,43,47)/t28-,29-/m0/s1. The molecule has 3 N–H and O–H groups in total. The molecule has 2 fully saturated rings. The van der Waals surface area contributed by atoms with Gasteiger partial charge in [-0.05, 0) is 61.1 Å². The highest BCUT2D eigenvalue weighted by atomic mass is 32.1. The van der Waals surface area contributed by atoms with E-state index in [0.717, 1.165) is 43.1 Å². The van der Waals surface area contributed by atoms with Gasteiger partial charge in [-0.2, -0.15) is 8.78 Å². The number of carbonyl (C=O) groups is 4. The number of aromatic nitrogens is 3. The van der Waals surface area contributed by atoms with Crippen molar-refractivity contribution in [3.8, 4) is 5.88 Å². The largest absolute Gasteiger partial charge is 0.481 e. The Morgan fingerprint density at radius 2 is 1.65 bits per heavy atom. The molecule has 52 heavy (non-hydrogen) atoms. The van der Waals surface area contributed by atoms with Gasteiger partial charge in [0, 0.05) is 49.4 Å². The molecule has 1 aliphatic carbocycles. The molecule has 3 heterocycles. The number of rotatable bonds is 12. The summed E-state index contributed by atoms with van der Waals surface area (Å²) < 4.78 is 55.1. The fourth-order valence-electron chi connectivity index (χ4n) is 6.54. The SMILES string of the molecule is COc1ccc(C(F)(F)C(=O)N[C@H](C(=O)Nc2ccc(C(C)(C)[C@@H](NC(=O)c3cnns3)C(=O)N3CCN(C)CC3)cc2F)C2CCCCC2)cn1. The Morgan fingerprint density at radius 3 is 2.25 bits per heavy atom. The van der Waals surface area contributed by atoms with Crippen LogP contribution in [0.4, 0.5) is 18.9 Å². The van der Waals surface area contributed by atoms with Crippen LogP contribution < -0.4 is 20.7 Å². The summed E-state index contributed by atoms with van der Waals surface area (Å²) in [5.74, 6) is -8.66. The second-order valence-corrected chi connectivity index (χ2v) is 14.5. The Morgan fingerprint density at radius 1 is 0.962 bits per heavy atom. The monoisotopic (exact) mass is 744 g/mol. The molecule has 1 saturated carbocycles. The first-order valence-corrected chi connectivity index (χ1v) is 17.9. The minimum Gasteiger partial charge on any atom is -0.481 e. The Hall–Kier alpha value is -4.64. The smallest absolute Gasteiger partial charge is 0.351 e. The highest BCUT2D eigenvalue weighted by Crippen LogP contribution is 2.34. The lowest BCUT2D eigenvalue weighted by atomic mass is 9.76. The van der Waals surface area contributed by atoms with Crippen molar-refractivity contribution in [1.82, 2.24) is 35.0 Å². The van der Waals surface area contributed by atoms with E-state index in [1.165, 1.54) is 37.6 Å². The number of alkyl halides is 2. The number of piperazine rings is 1. The van der Waals surface area contributed by atoms with Crippen LogP contribution in [-0.4, -0.2) is 100 Å². The molecule has 2 aliphatic rings. The summed E-state index contributed by atoms with van der Waals surface area (Å²) in [5, 5.41) is 11.3. The van der Waals surface area contributed by atoms with Gasteiger partial charge >= 0.3 is 5.92 Å². The average molecular weight is 745 g/mol. The third-order valence-electron chi connectivity index (χ3n) is 9.90. The van der Waals surface area contributed by atoms with E-state index in [0.29, 0.717) is 44.6 Å². The van der Waals surface area contributed by atoms with Crippen LogP contribution in [0.5, 0.6) is 5.88 Å². The van der Waals surface area contributed by atoms with Crippen LogP contribution in [0.25, 0.3) is 0 Å². The van der Waals surface area contributed by atoms with Crippen LogP contribution in [0.1, 0.15) is 66.8 Å². The van der Waals surface area contributed by atoms with Gasteiger partial charge in [-0.15, -0.1) is 5.10 Å². The number of anilines is 1. The minimum atomic E-state index is -4.02. The van der Waals surface area contributed by atoms with Gasteiger partial charge in [0.25, 0.3) is 11.8 Å². The van der Waals surface area contributed by atoms with Crippen molar-refractivity contribution >= 4 is 40.8 Å². The Labute approximate surface area is 303 Å². The first-order chi connectivity index (χ1) is 24.7. The van der Waals surface area contributed by atoms with Crippen molar-refractivity contribution in [2.45, 2.75) is 69.4 Å². The van der Waals surface area contributed by atoms with Crippen molar-refractivity contribution in [2.75, 3.05) is 45.7 Å². The van der Waals surface area contributed by atoms with Crippen molar-refractivity contribution < 1.29 is 37.1 Å². The van der Waals surface area contributed by atoms with Crippen molar-refractivity contribution in [3.05, 3.63) is 64.5 Å². The van der Waals surface area contributed by atoms with Gasteiger partial charge < -0.3 is 30.5 Å². The molecule has 0 unspecified atom stereocenters. The summed E-state index contributed by atoms with van der Waals surface area (Å²) in [4.78, 5) is 61.5. The zero-order chi connectivity index (χ0) is 37.6. The summed E-state index contributed by atoms with van der Waals surface area (Å²) in [6, 6.07) is 3.74. The molecule has 1 saturated heterocycles. The summed E-state index contributed by atoms with van der Waals surface area (Å²) in [6.45, 7) is 5.59. The second kappa shape index (κ2) is 16.4. The lowest BCUT2D eigenvalue weighted by Crippen LogP contribution is -2.60. The van der Waals surface area contributed by atoms with E-state index in [1.54, 1.807) is 18.7 Å². The molecule has 5 rings (SSSR count). The van der Waals surface area contributed by atoms with Gasteiger partial charge in [-0.1, -0.05) is 43.7 Å². The lowest BCUT2D eigenvalue weighted by molar-refractivity contribution is -0.149. The van der Waals surface area contributed by atoms with Crippen LogP contribution in [0, 0.1) is 11.7 Å². The minimum absolute atomic E-state index is 0.0891. The predicted molar refractivity (Wildman–Crippen MR) is 186 cm³/mol. The molecule has 0 bridgehead atoms. The highest BCUT2D eigenvalue weighted by molar-refractivity contribution is 7.07. The molecule has 280 valence electrons. The Balaban J connectivity index is 1.37. The summed E-state index contributed by atoms with van der Waals surface area (Å²) in [7, 11) is 3.28. The highest BCUT2D eigenvalue weighted by Gasteiger charge is 2.45. The zero-order valence-electron chi connectivity index (χ0n) is 29.5. The summed E-state index contributed by atoms with van der Waals surface area (Å²) in [6.07, 6.45) is 5.53. The van der Waals surface area contributed by atoms with E-state index in [4.69, 9.17) is 4.74 Å². The normalized spacial score (nSPS) is 17.2. The molecule has 13 nitrogen and oxygen atoms in total. The summed E-state index contributed by atoms with van der Waals surface area (Å²) in [5.41, 5.74) is -1.73. The first-order valence-electron chi connectivity index (χ1n) is 17.1. The summed E-state index contributed by atoms with van der Waals surface area (Å²) >= 11 is 0.874. The van der Waals surface area contributed by atoms with Gasteiger partial charge in [0.05, 0.1) is 19.0 Å². The van der Waals surface area contributed by atoms with E-state index in [-0.39, 0.29) is 22.4 Å². The van der Waals surface area contributed by atoms with Crippen LogP contribution in [0.15, 0.2) is 42.7 Å². The molecule has 0 radical (unpaired) electrons. The van der Waals surface area contributed by atoms with Gasteiger partial charge in [-0.3, -0.25) is 19.2 Å². The number of nitrogens with zero attached hydrogens (tertiary/aromatic N) is 5. The average Bonchev–Trinajstić information content (AvgIpc) is 3.69. The number of hydrogen-bond donors (Lipinski definition) is 3. The van der Waals surface area contributed by atoms with Crippen LogP contribution in [0.2, 0.25) is 0 Å². The topological polar surface area (TPSA) is 159 Å². The Bertz CT molecular complexity index is 1730. The first kappa shape index (κ1) is 38.6. The number of halogens is 3. The molecule has 2 atom stereocenters. The maximum absolute atomic E-state index is 15.9. The van der Waals surface area contributed by atoms with Gasteiger partial charge in [-0.25, -0.2) is 9.37 Å². The number of benzene rings is 1. The number of pyridine rings is 1. The van der Waals surface area contributed by atoms with Crippen molar-refractivity contribution in [1.29, 1.82) is 0 Å². The van der Waals surface area contributed by atoms with E-state index >= 15 is 13.2 Å². The van der Waals surface area contributed by atoms with Crippen LogP contribution >= 0.6 is 11.5 Å². The number of carbonyl (C=O) groups excluding carboxylic acids is 4. The molecule has 2 aromatic heterocycles. The fourth-order valence-corrected chi connectivity index (χ4v) is 6.96. The third kappa shape index (κ3) is 8.69. The second-order valence-electron chi connectivity index (χ2n) is 13.7. The fraction of sp³-hybridized carbons (Fsp3) is 0.514. The lowest BCUT2D eigenvalue weighted by Gasteiger charge is -2.40. The molecular weight excluding hydrogens is 701 g/mol. The van der Waals surface area contributed by atoms with Gasteiger partial charge in [0.2, 0.25) is 17.7 Å². The molecular formula is C35H43F3N8O5S. The molecule has 1 aromatic carbocycles. The van der Waals surface area contributed by atoms with Crippen LogP contribution in [0.3, 0.4) is 0 Å². The molecule has 17 heteroatoms. The molecule has 3 aromatic rings. The molecule has 0 spiro atoms. The van der Waals surface area contributed by atoms with Gasteiger partial charge in [0.15, 0.2) is 0 Å². The number of ether oxygens (including phenoxy) is 1. The third-order valence-corrected chi connectivity index (χ3v) is 10.6. The number of likely N-dealkylation sites (N-methyl/N-ethyl adjacent to an activating group) is 1. The van der Waals surface area contributed by atoms with Gasteiger partial charge in [0.1, 0.15) is 22.8 Å². The number of methoxy groups -OCH3 is 1. The number of hydrogen-bond acceptors (Lipinski definition) is 10. The van der Waals surface area contributed by atoms with E-state index in [9.17, 15) is 19.2 Å². The zero-order valence-corrected chi connectivity index (χ0v) is 30.3. The maximum atomic E-state index is 15.9. The van der Waals surface area contributed by atoms with Crippen molar-refractivity contribution in [2.24, 2.45) is 5.92 Å². The number of nitrogens with one attached hydrogen (secondary N) is 3. The van der Waals surface area contributed by atoms with E-state index in [2.05, 4.69) is 35.4 Å². The maximum Gasteiger partial charge on any atom is 0.351 e. The van der Waals surface area contributed by atoms with Crippen LogP contribution in [-0.2, 0) is 25.7 Å². The van der Waals surface area contributed by atoms with E-state index in [1.807, 2.05) is 7.05 Å². The predicted octanol–water partition coefficient (Wildman–Crippen LogP) is 3.73. The Kier molecular flexibility index (Phi) is 12.1. The van der Waals surface area contributed by atoms with E-state index < -0.39 is 58.4 Å². The molecule has 4 amide bonds. The number of amides is 4. The van der Waals surface area contributed by atoms with Crippen molar-refractivity contribution in [3.63, 3.8) is 0 Å².